The first-order valence-electron chi connectivity index (χ1n) is 6.77. The summed E-state index contributed by atoms with van der Waals surface area (Å²) in [5.74, 6) is 0.342. The molecule has 0 bridgehead atoms. The maximum Gasteiger partial charge on any atom is 0.272 e. The maximum absolute atomic E-state index is 12.3. The van der Waals surface area contributed by atoms with E-state index in [4.69, 9.17) is 0 Å². The molecule has 0 aromatic carbocycles. The van der Waals surface area contributed by atoms with Gasteiger partial charge in [0.05, 0.1) is 0 Å². The Morgan fingerprint density at radius 3 is 2.76 bits per heavy atom. The number of aromatic nitrogens is 1. The molecule has 0 aliphatic carbocycles. The zero-order chi connectivity index (χ0) is 15.3. The number of hydrogen-bond donors (Lipinski definition) is 2. The van der Waals surface area contributed by atoms with Gasteiger partial charge in [0, 0.05) is 17.1 Å². The standard InChI is InChI=1S/C14H19N3O2S2/c1-3-9-15-10-12-7-8-14(20-12)21(18,19)17-13-6-4-5-11(2)16-13/h4-8,15H,3,9-10H2,1-2H3,(H,16,17). The summed E-state index contributed by atoms with van der Waals surface area (Å²) in [5, 5.41) is 3.26. The highest BCUT2D eigenvalue weighted by atomic mass is 32.2. The molecule has 21 heavy (non-hydrogen) atoms. The molecule has 0 spiro atoms. The molecule has 0 aliphatic heterocycles. The van der Waals surface area contributed by atoms with Crippen LogP contribution in [0.4, 0.5) is 5.82 Å². The smallest absolute Gasteiger partial charge is 0.272 e. The van der Waals surface area contributed by atoms with Crippen molar-refractivity contribution in [3.63, 3.8) is 0 Å². The molecule has 0 amide bonds. The molecule has 2 heterocycles. The van der Waals surface area contributed by atoms with E-state index in [0.29, 0.717) is 16.6 Å². The van der Waals surface area contributed by atoms with Gasteiger partial charge in [0.1, 0.15) is 10.0 Å². The third-order valence-corrected chi connectivity index (χ3v) is 5.69. The van der Waals surface area contributed by atoms with Crippen molar-refractivity contribution in [1.82, 2.24) is 10.3 Å². The summed E-state index contributed by atoms with van der Waals surface area (Å²) in [4.78, 5) is 5.15. The van der Waals surface area contributed by atoms with Gasteiger partial charge < -0.3 is 5.32 Å². The molecule has 2 aromatic heterocycles. The van der Waals surface area contributed by atoms with Gasteiger partial charge in [-0.2, -0.15) is 0 Å². The van der Waals surface area contributed by atoms with Crippen molar-refractivity contribution in [2.24, 2.45) is 0 Å². The fraction of sp³-hybridized carbons (Fsp3) is 0.357. The molecule has 0 fully saturated rings. The number of nitrogens with one attached hydrogen (secondary N) is 2. The second kappa shape index (κ2) is 7.02. The highest BCUT2D eigenvalue weighted by Crippen LogP contribution is 2.23. The Kier molecular flexibility index (Phi) is 5.33. The largest absolute Gasteiger partial charge is 0.312 e. The van der Waals surface area contributed by atoms with E-state index in [1.165, 1.54) is 11.3 Å². The highest BCUT2D eigenvalue weighted by molar-refractivity contribution is 7.94. The van der Waals surface area contributed by atoms with Gasteiger partial charge in [-0.05, 0) is 44.2 Å². The van der Waals surface area contributed by atoms with E-state index in [1.54, 1.807) is 18.2 Å². The lowest BCUT2D eigenvalue weighted by molar-refractivity contribution is 0.603. The molecule has 114 valence electrons. The van der Waals surface area contributed by atoms with Crippen molar-refractivity contribution in [1.29, 1.82) is 0 Å². The lowest BCUT2D eigenvalue weighted by Crippen LogP contribution is -2.13. The summed E-state index contributed by atoms with van der Waals surface area (Å²) in [7, 11) is -3.56. The monoisotopic (exact) mass is 325 g/mol. The molecule has 0 aliphatic rings. The molecule has 0 atom stereocenters. The third kappa shape index (κ3) is 4.52. The predicted molar refractivity (Wildman–Crippen MR) is 86.1 cm³/mol. The van der Waals surface area contributed by atoms with Crippen LogP contribution in [-0.4, -0.2) is 19.9 Å². The number of pyridine rings is 1. The van der Waals surface area contributed by atoms with E-state index >= 15 is 0 Å². The average Bonchev–Trinajstić information content (AvgIpc) is 2.88. The third-order valence-electron chi connectivity index (χ3n) is 2.76. The fourth-order valence-corrected chi connectivity index (χ4v) is 4.10. The van der Waals surface area contributed by atoms with Gasteiger partial charge in [0.25, 0.3) is 10.0 Å². The van der Waals surface area contributed by atoms with Crippen molar-refractivity contribution < 1.29 is 8.42 Å². The number of rotatable bonds is 7. The molecule has 0 unspecified atom stereocenters. The minimum absolute atomic E-state index is 0.305. The van der Waals surface area contributed by atoms with Crippen molar-refractivity contribution in [3.05, 3.63) is 40.9 Å². The van der Waals surface area contributed by atoms with Crippen LogP contribution in [-0.2, 0) is 16.6 Å². The van der Waals surface area contributed by atoms with Crippen LogP contribution in [0.15, 0.2) is 34.5 Å². The molecule has 0 saturated carbocycles. The molecule has 2 rings (SSSR count). The Labute approximate surface area is 129 Å². The average molecular weight is 325 g/mol. The summed E-state index contributed by atoms with van der Waals surface area (Å²) in [6, 6.07) is 8.70. The van der Waals surface area contributed by atoms with E-state index in [0.717, 1.165) is 23.5 Å². The number of sulfonamides is 1. The summed E-state index contributed by atoms with van der Waals surface area (Å²) >= 11 is 1.27. The van der Waals surface area contributed by atoms with E-state index < -0.39 is 10.0 Å². The van der Waals surface area contributed by atoms with Crippen LogP contribution in [0.2, 0.25) is 0 Å². The van der Waals surface area contributed by atoms with E-state index in [1.807, 2.05) is 19.1 Å². The second-order valence-corrected chi connectivity index (χ2v) is 7.74. The van der Waals surface area contributed by atoms with Crippen molar-refractivity contribution in [2.75, 3.05) is 11.3 Å². The highest BCUT2D eigenvalue weighted by Gasteiger charge is 2.17. The van der Waals surface area contributed by atoms with Crippen LogP contribution in [0.25, 0.3) is 0 Å². The van der Waals surface area contributed by atoms with Crippen LogP contribution in [0.1, 0.15) is 23.9 Å². The SMILES string of the molecule is CCCNCc1ccc(S(=O)(=O)Nc2cccc(C)n2)s1. The van der Waals surface area contributed by atoms with Gasteiger partial charge in [0.15, 0.2) is 0 Å². The lowest BCUT2D eigenvalue weighted by Gasteiger charge is -2.05. The Morgan fingerprint density at radius 1 is 1.24 bits per heavy atom. The lowest BCUT2D eigenvalue weighted by atomic mass is 10.4. The summed E-state index contributed by atoms with van der Waals surface area (Å²) in [6.45, 7) is 5.53. The van der Waals surface area contributed by atoms with Crippen LogP contribution < -0.4 is 10.0 Å². The van der Waals surface area contributed by atoms with E-state index in [9.17, 15) is 8.42 Å². The minimum Gasteiger partial charge on any atom is -0.312 e. The zero-order valence-corrected chi connectivity index (χ0v) is 13.7. The zero-order valence-electron chi connectivity index (χ0n) is 12.1. The van der Waals surface area contributed by atoms with Crippen molar-refractivity contribution in [3.8, 4) is 0 Å². The second-order valence-electron chi connectivity index (χ2n) is 4.67. The molecule has 5 nitrogen and oxygen atoms in total. The number of anilines is 1. The number of thiophene rings is 1. The summed E-state index contributed by atoms with van der Waals surface area (Å²) in [5.41, 5.74) is 0.769. The van der Waals surface area contributed by atoms with Crippen LogP contribution in [0.5, 0.6) is 0 Å². The molecule has 7 heteroatoms. The van der Waals surface area contributed by atoms with Gasteiger partial charge in [0.2, 0.25) is 0 Å². The van der Waals surface area contributed by atoms with Gasteiger partial charge in [-0.25, -0.2) is 13.4 Å². The van der Waals surface area contributed by atoms with Gasteiger partial charge in [-0.3, -0.25) is 4.72 Å². The molecule has 2 aromatic rings. The number of hydrogen-bond acceptors (Lipinski definition) is 5. The quantitative estimate of drug-likeness (QED) is 0.768. The Balaban J connectivity index is 2.09. The Hall–Kier alpha value is -1.44. The molecule has 2 N–H and O–H groups in total. The molecule has 0 saturated heterocycles. The number of aryl methyl sites for hydroxylation is 1. The Bertz CT molecular complexity index is 696. The first kappa shape index (κ1) is 15.9. The van der Waals surface area contributed by atoms with Crippen LogP contribution in [0.3, 0.4) is 0 Å². The Morgan fingerprint density at radius 2 is 2.05 bits per heavy atom. The first-order valence-corrected chi connectivity index (χ1v) is 9.07. The minimum atomic E-state index is -3.56. The molecular weight excluding hydrogens is 306 g/mol. The predicted octanol–water partition coefficient (Wildman–Crippen LogP) is 2.75. The van der Waals surface area contributed by atoms with Crippen molar-refractivity contribution in [2.45, 2.75) is 31.0 Å². The van der Waals surface area contributed by atoms with E-state index in [2.05, 4.69) is 21.9 Å². The van der Waals surface area contributed by atoms with Gasteiger partial charge in [-0.15, -0.1) is 11.3 Å². The van der Waals surface area contributed by atoms with Gasteiger partial charge in [-0.1, -0.05) is 13.0 Å². The topological polar surface area (TPSA) is 71.1 Å². The van der Waals surface area contributed by atoms with Crippen LogP contribution in [0, 0.1) is 6.92 Å². The summed E-state index contributed by atoms with van der Waals surface area (Å²) < 4.78 is 27.4. The number of nitrogens with zero attached hydrogens (tertiary/aromatic N) is 1. The summed E-state index contributed by atoms with van der Waals surface area (Å²) in [6.07, 6.45) is 1.05. The van der Waals surface area contributed by atoms with E-state index in [-0.39, 0.29) is 0 Å². The maximum atomic E-state index is 12.3. The fourth-order valence-electron chi connectivity index (χ4n) is 1.77. The first-order chi connectivity index (χ1) is 10.0. The molecule has 0 radical (unpaired) electrons. The van der Waals surface area contributed by atoms with Gasteiger partial charge >= 0.3 is 0 Å². The normalized spacial score (nSPS) is 11.5. The van der Waals surface area contributed by atoms with Crippen molar-refractivity contribution >= 4 is 27.2 Å². The van der Waals surface area contributed by atoms with Crippen LogP contribution >= 0.6 is 11.3 Å². The molecular formula is C14H19N3O2S2.